The standard InChI is InChI=1S/C27H31NO3/c1-28(2)16-6-7-17-30-24-14-11-21(12-15-24)27-25(20-8-4-3-5-9-20)18-22-10-13-23(29)19-26(22)31-27/h3-5,8-15,19,25,27,29H,6-7,16-18H2,1-2H3. The molecule has 0 radical (unpaired) electrons. The predicted molar refractivity (Wildman–Crippen MR) is 124 cm³/mol. The Morgan fingerprint density at radius 3 is 2.45 bits per heavy atom. The van der Waals surface area contributed by atoms with Crippen molar-refractivity contribution >= 4 is 0 Å². The minimum Gasteiger partial charge on any atom is -0.508 e. The molecular formula is C27H31NO3. The Hall–Kier alpha value is -2.98. The summed E-state index contributed by atoms with van der Waals surface area (Å²) in [5, 5.41) is 9.92. The van der Waals surface area contributed by atoms with Gasteiger partial charge in [0.05, 0.1) is 6.61 Å². The molecule has 1 N–H and O–H groups in total. The molecule has 4 heteroatoms. The van der Waals surface area contributed by atoms with Gasteiger partial charge in [0.25, 0.3) is 0 Å². The zero-order valence-electron chi connectivity index (χ0n) is 18.3. The Kier molecular flexibility index (Phi) is 6.78. The summed E-state index contributed by atoms with van der Waals surface area (Å²) in [6, 6.07) is 24.2. The van der Waals surface area contributed by atoms with Gasteiger partial charge in [0.15, 0.2) is 0 Å². The Bertz CT molecular complexity index is 970. The summed E-state index contributed by atoms with van der Waals surface area (Å²) in [6.07, 6.45) is 2.92. The van der Waals surface area contributed by atoms with E-state index in [0.29, 0.717) is 0 Å². The van der Waals surface area contributed by atoms with Gasteiger partial charge in [-0.2, -0.15) is 0 Å². The lowest BCUT2D eigenvalue weighted by Crippen LogP contribution is -2.24. The fourth-order valence-electron chi connectivity index (χ4n) is 4.15. The van der Waals surface area contributed by atoms with Crippen LogP contribution in [0.1, 0.15) is 41.6 Å². The van der Waals surface area contributed by atoms with Crippen LogP contribution in [0.25, 0.3) is 0 Å². The number of benzene rings is 3. The fourth-order valence-corrected chi connectivity index (χ4v) is 4.15. The molecule has 4 rings (SSSR count). The molecule has 0 saturated heterocycles. The number of phenolic OH excluding ortho intramolecular Hbond substituents is 1. The summed E-state index contributed by atoms with van der Waals surface area (Å²) < 4.78 is 12.4. The van der Waals surface area contributed by atoms with Gasteiger partial charge >= 0.3 is 0 Å². The van der Waals surface area contributed by atoms with E-state index in [2.05, 4.69) is 55.4 Å². The number of hydrogen-bond acceptors (Lipinski definition) is 4. The second-order valence-corrected chi connectivity index (χ2v) is 8.48. The van der Waals surface area contributed by atoms with Gasteiger partial charge in [-0.3, -0.25) is 0 Å². The summed E-state index contributed by atoms with van der Waals surface area (Å²) in [6.45, 7) is 1.81. The van der Waals surface area contributed by atoms with Crippen LogP contribution in [0.2, 0.25) is 0 Å². The monoisotopic (exact) mass is 417 g/mol. The first-order chi connectivity index (χ1) is 15.1. The highest BCUT2D eigenvalue weighted by molar-refractivity contribution is 5.45. The molecule has 31 heavy (non-hydrogen) atoms. The fraction of sp³-hybridized carbons (Fsp3) is 0.333. The van der Waals surface area contributed by atoms with Crippen LogP contribution in [0.15, 0.2) is 72.8 Å². The van der Waals surface area contributed by atoms with Crippen molar-refractivity contribution in [2.45, 2.75) is 31.3 Å². The van der Waals surface area contributed by atoms with Crippen molar-refractivity contribution < 1.29 is 14.6 Å². The number of rotatable bonds is 8. The molecule has 0 aliphatic carbocycles. The molecule has 2 unspecified atom stereocenters. The van der Waals surface area contributed by atoms with Crippen LogP contribution in [0.4, 0.5) is 0 Å². The van der Waals surface area contributed by atoms with Gasteiger partial charge in [0, 0.05) is 12.0 Å². The molecule has 0 saturated carbocycles. The summed E-state index contributed by atoms with van der Waals surface area (Å²) in [5.41, 5.74) is 3.50. The van der Waals surface area contributed by atoms with Crippen molar-refractivity contribution in [1.82, 2.24) is 4.90 Å². The molecule has 3 aromatic rings. The molecule has 1 aliphatic rings. The number of phenols is 1. The summed E-state index contributed by atoms with van der Waals surface area (Å²) in [4.78, 5) is 2.19. The van der Waals surface area contributed by atoms with Gasteiger partial charge in [-0.05, 0) is 74.8 Å². The average molecular weight is 418 g/mol. The second kappa shape index (κ2) is 9.88. The van der Waals surface area contributed by atoms with Gasteiger partial charge < -0.3 is 19.5 Å². The molecule has 0 amide bonds. The van der Waals surface area contributed by atoms with Gasteiger partial charge in [-0.15, -0.1) is 0 Å². The van der Waals surface area contributed by atoms with E-state index >= 15 is 0 Å². The number of nitrogens with zero attached hydrogens (tertiary/aromatic N) is 1. The Morgan fingerprint density at radius 2 is 1.71 bits per heavy atom. The smallest absolute Gasteiger partial charge is 0.131 e. The van der Waals surface area contributed by atoms with Crippen molar-refractivity contribution in [3.8, 4) is 17.2 Å². The molecular weight excluding hydrogens is 386 g/mol. The van der Waals surface area contributed by atoms with Crippen LogP contribution in [0, 0.1) is 0 Å². The first kappa shape index (κ1) is 21.3. The number of ether oxygens (including phenoxy) is 2. The SMILES string of the molecule is CN(C)CCCCOc1ccc(C2Oc3cc(O)ccc3CC2c2ccccc2)cc1. The molecule has 0 bridgehead atoms. The molecule has 0 fully saturated rings. The average Bonchev–Trinajstić information content (AvgIpc) is 2.79. The Balaban J connectivity index is 1.50. The first-order valence-electron chi connectivity index (χ1n) is 11.0. The number of fused-ring (bicyclic) bond motifs is 1. The van der Waals surface area contributed by atoms with Crippen LogP contribution in [-0.4, -0.2) is 37.3 Å². The molecule has 0 spiro atoms. The van der Waals surface area contributed by atoms with E-state index in [1.165, 1.54) is 5.56 Å². The third kappa shape index (κ3) is 5.39. The first-order valence-corrected chi connectivity index (χ1v) is 11.0. The van der Waals surface area contributed by atoms with Crippen LogP contribution in [0.5, 0.6) is 17.2 Å². The Morgan fingerprint density at radius 1 is 0.935 bits per heavy atom. The largest absolute Gasteiger partial charge is 0.508 e. The van der Waals surface area contributed by atoms with Crippen molar-refractivity contribution in [3.05, 3.63) is 89.5 Å². The maximum atomic E-state index is 9.92. The summed E-state index contributed by atoms with van der Waals surface area (Å²) >= 11 is 0. The van der Waals surface area contributed by atoms with E-state index in [4.69, 9.17) is 9.47 Å². The molecule has 1 aliphatic heterocycles. The predicted octanol–water partition coefficient (Wildman–Crippen LogP) is 5.57. The highest BCUT2D eigenvalue weighted by atomic mass is 16.5. The van der Waals surface area contributed by atoms with E-state index in [9.17, 15) is 5.11 Å². The molecule has 2 atom stereocenters. The summed E-state index contributed by atoms with van der Waals surface area (Å²) in [7, 11) is 4.19. The molecule has 162 valence electrons. The number of hydrogen-bond donors (Lipinski definition) is 1. The second-order valence-electron chi connectivity index (χ2n) is 8.48. The van der Waals surface area contributed by atoms with Crippen molar-refractivity contribution in [2.24, 2.45) is 0 Å². The van der Waals surface area contributed by atoms with E-state index in [1.54, 1.807) is 12.1 Å². The Labute approximate surface area is 185 Å². The van der Waals surface area contributed by atoms with Crippen LogP contribution in [0.3, 0.4) is 0 Å². The van der Waals surface area contributed by atoms with Crippen molar-refractivity contribution in [3.63, 3.8) is 0 Å². The number of unbranched alkanes of at least 4 members (excludes halogenated alkanes) is 1. The van der Waals surface area contributed by atoms with Crippen molar-refractivity contribution in [2.75, 3.05) is 27.2 Å². The maximum absolute atomic E-state index is 9.92. The van der Waals surface area contributed by atoms with Gasteiger partial charge in [-0.25, -0.2) is 0 Å². The third-order valence-corrected chi connectivity index (χ3v) is 5.81. The zero-order valence-corrected chi connectivity index (χ0v) is 18.3. The highest BCUT2D eigenvalue weighted by Crippen LogP contribution is 2.45. The highest BCUT2D eigenvalue weighted by Gasteiger charge is 2.32. The quantitative estimate of drug-likeness (QED) is 0.486. The summed E-state index contributed by atoms with van der Waals surface area (Å²) in [5.74, 6) is 2.09. The van der Waals surface area contributed by atoms with E-state index < -0.39 is 0 Å². The lowest BCUT2D eigenvalue weighted by molar-refractivity contribution is 0.151. The number of aromatic hydroxyl groups is 1. The van der Waals surface area contributed by atoms with Crippen LogP contribution < -0.4 is 9.47 Å². The lowest BCUT2D eigenvalue weighted by Gasteiger charge is -2.34. The minimum atomic E-state index is -0.120. The van der Waals surface area contributed by atoms with Crippen LogP contribution in [-0.2, 0) is 6.42 Å². The molecule has 4 nitrogen and oxygen atoms in total. The minimum absolute atomic E-state index is 0.120. The van der Waals surface area contributed by atoms with E-state index in [1.807, 2.05) is 24.3 Å². The molecule has 1 heterocycles. The molecule has 0 aromatic heterocycles. The zero-order chi connectivity index (χ0) is 21.6. The maximum Gasteiger partial charge on any atom is 0.131 e. The van der Waals surface area contributed by atoms with E-state index in [0.717, 1.165) is 55.0 Å². The third-order valence-electron chi connectivity index (χ3n) is 5.81. The van der Waals surface area contributed by atoms with Crippen molar-refractivity contribution in [1.29, 1.82) is 0 Å². The topological polar surface area (TPSA) is 41.9 Å². The van der Waals surface area contributed by atoms with Crippen LogP contribution >= 0.6 is 0 Å². The van der Waals surface area contributed by atoms with Gasteiger partial charge in [0.1, 0.15) is 23.4 Å². The van der Waals surface area contributed by atoms with Gasteiger partial charge in [0.2, 0.25) is 0 Å². The van der Waals surface area contributed by atoms with Gasteiger partial charge in [-0.1, -0.05) is 48.5 Å². The lowest BCUT2D eigenvalue weighted by atomic mass is 9.82. The normalized spacial score (nSPS) is 17.8. The van der Waals surface area contributed by atoms with E-state index in [-0.39, 0.29) is 17.8 Å². The molecule has 3 aromatic carbocycles.